The Bertz CT molecular complexity index is 4460. The van der Waals surface area contributed by atoms with Gasteiger partial charge in [-0.05, 0) is 95.7 Å². The summed E-state index contributed by atoms with van der Waals surface area (Å²) in [5.74, 6) is 0. The Balaban J connectivity index is 0.976. The lowest BCUT2D eigenvalue weighted by molar-refractivity contribution is 1.18. The molecule has 5 heterocycles. The predicted octanol–water partition coefficient (Wildman–Crippen LogP) is 15.5. The number of fused-ring (bicyclic) bond motifs is 15. The fraction of sp³-hybridized carbons (Fsp3) is 0. The molecule has 15 rings (SSSR count). The maximum absolute atomic E-state index is 5.38. The zero-order chi connectivity index (χ0) is 42.3. The van der Waals surface area contributed by atoms with Gasteiger partial charge in [-0.25, -0.2) is 9.97 Å². The molecule has 0 unspecified atom stereocenters. The van der Waals surface area contributed by atoms with E-state index < -0.39 is 0 Å². The smallest absolute Gasteiger partial charge is 0.0973 e. The van der Waals surface area contributed by atoms with Gasteiger partial charge in [0.2, 0.25) is 0 Å². The number of hydrogen-bond donors (Lipinski definition) is 0. The molecule has 10 aromatic carbocycles. The van der Waals surface area contributed by atoms with Crippen molar-refractivity contribution < 1.29 is 0 Å². The summed E-state index contributed by atoms with van der Waals surface area (Å²) in [4.78, 5) is 10.8. The summed E-state index contributed by atoms with van der Waals surface area (Å²) in [6.07, 6.45) is 0. The number of nitrogens with zero attached hydrogens (tertiary/aromatic N) is 5. The number of rotatable bonds is 4. The normalized spacial score (nSPS) is 12.3. The van der Waals surface area contributed by atoms with Crippen LogP contribution in [0.25, 0.3) is 137 Å². The number of hydrogen-bond acceptors (Lipinski definition) is 2. The summed E-state index contributed by atoms with van der Waals surface area (Å²) in [6, 6.07) is 76.9. The van der Waals surface area contributed by atoms with Gasteiger partial charge in [0.25, 0.3) is 0 Å². The van der Waals surface area contributed by atoms with Crippen molar-refractivity contribution in [3.05, 3.63) is 212 Å². The van der Waals surface area contributed by atoms with Gasteiger partial charge in [-0.1, -0.05) is 127 Å². The van der Waals surface area contributed by atoms with Gasteiger partial charge in [0.15, 0.2) is 0 Å². The zero-order valence-corrected chi connectivity index (χ0v) is 34.9. The third kappa shape index (κ3) is 4.76. The van der Waals surface area contributed by atoms with Crippen LogP contribution in [0.5, 0.6) is 0 Å². The van der Waals surface area contributed by atoms with Gasteiger partial charge in [-0.3, -0.25) is 0 Å². The standard InChI is InChI=1S/C60H35N5/c1-2-16-40(17-3-1)63-51-23-11-6-18-42(51)45-33-39(28-31-54(45)63)58-57(61-49-21-9-10-22-50(49)62-58)36-26-29-41(30-27-36)64-55-34-38-15-5-4-14-37(38)32-46(55)48-35-47-43-19-7-12-24-52(43)65-53-25-13-8-20-44(53)56(59(48)64)60(47)65/h1-35H. The second kappa shape index (κ2) is 12.9. The van der Waals surface area contributed by atoms with Crippen LogP contribution < -0.4 is 0 Å². The fourth-order valence-electron chi connectivity index (χ4n) is 11.1. The first-order valence-electron chi connectivity index (χ1n) is 22.2. The van der Waals surface area contributed by atoms with Crippen molar-refractivity contribution in [3.63, 3.8) is 0 Å². The van der Waals surface area contributed by atoms with E-state index in [2.05, 4.69) is 214 Å². The van der Waals surface area contributed by atoms with Crippen LogP contribution in [-0.4, -0.2) is 23.5 Å². The molecular weight excluding hydrogens is 791 g/mol. The van der Waals surface area contributed by atoms with Crippen molar-refractivity contribution in [3.8, 4) is 33.9 Å². The molecule has 5 aromatic heterocycles. The first-order chi connectivity index (χ1) is 32.2. The Morgan fingerprint density at radius 2 is 0.815 bits per heavy atom. The van der Waals surface area contributed by atoms with Gasteiger partial charge in [0, 0.05) is 65.6 Å². The van der Waals surface area contributed by atoms with E-state index in [9.17, 15) is 0 Å². The monoisotopic (exact) mass is 825 g/mol. The van der Waals surface area contributed by atoms with Gasteiger partial charge in [0.05, 0.1) is 61.0 Å². The van der Waals surface area contributed by atoms with Crippen LogP contribution >= 0.6 is 0 Å². The summed E-state index contributed by atoms with van der Waals surface area (Å²) >= 11 is 0. The minimum atomic E-state index is 0.855. The highest BCUT2D eigenvalue weighted by Gasteiger charge is 2.25. The van der Waals surface area contributed by atoms with Crippen molar-refractivity contribution in [2.24, 2.45) is 0 Å². The lowest BCUT2D eigenvalue weighted by atomic mass is 10.0. The van der Waals surface area contributed by atoms with E-state index in [4.69, 9.17) is 9.97 Å². The van der Waals surface area contributed by atoms with Gasteiger partial charge < -0.3 is 13.5 Å². The number of benzene rings is 10. The second-order valence-corrected chi connectivity index (χ2v) is 17.3. The fourth-order valence-corrected chi connectivity index (χ4v) is 11.1. The minimum Gasteiger partial charge on any atom is -0.309 e. The van der Waals surface area contributed by atoms with Crippen molar-refractivity contribution in [1.82, 2.24) is 23.5 Å². The highest BCUT2D eigenvalue weighted by Crippen LogP contribution is 2.47. The molecule has 0 aliphatic heterocycles. The van der Waals surface area contributed by atoms with Crippen LogP contribution in [0.2, 0.25) is 0 Å². The average Bonchev–Trinajstić information content (AvgIpc) is 4.09. The molecule has 0 saturated carbocycles. The Labute approximate surface area is 371 Å². The molecule has 65 heavy (non-hydrogen) atoms. The quantitative estimate of drug-likeness (QED) is 0.177. The topological polar surface area (TPSA) is 40.0 Å². The molecule has 0 N–H and O–H groups in total. The Morgan fingerprint density at radius 3 is 1.57 bits per heavy atom. The average molecular weight is 826 g/mol. The van der Waals surface area contributed by atoms with E-state index in [1.807, 2.05) is 12.1 Å². The zero-order valence-electron chi connectivity index (χ0n) is 34.9. The van der Waals surface area contributed by atoms with E-state index in [1.165, 1.54) is 87.0 Å². The van der Waals surface area contributed by atoms with E-state index in [0.29, 0.717) is 0 Å². The van der Waals surface area contributed by atoms with Crippen LogP contribution in [-0.2, 0) is 0 Å². The number of aromatic nitrogens is 5. The van der Waals surface area contributed by atoms with E-state index in [1.54, 1.807) is 0 Å². The molecule has 0 bridgehead atoms. The van der Waals surface area contributed by atoms with Gasteiger partial charge in [-0.2, -0.15) is 0 Å². The largest absolute Gasteiger partial charge is 0.309 e. The SMILES string of the molecule is c1ccc(-n2c3ccccc3c3cc(-c4nc5ccccc5nc4-c4ccc(-n5c6cc7ccccc7cc6c6cc7c8ccccc8n8c9ccccc9c(c65)c78)cc4)ccc32)cc1. The van der Waals surface area contributed by atoms with Crippen LogP contribution in [0, 0.1) is 0 Å². The van der Waals surface area contributed by atoms with Crippen molar-refractivity contribution in [2.75, 3.05) is 0 Å². The molecule has 0 aliphatic carbocycles. The highest BCUT2D eigenvalue weighted by atomic mass is 15.0. The molecule has 0 fully saturated rings. The van der Waals surface area contributed by atoms with Crippen LogP contribution in [0.15, 0.2) is 212 Å². The third-order valence-electron chi connectivity index (χ3n) is 13.9. The van der Waals surface area contributed by atoms with Crippen molar-refractivity contribution >= 4 is 104 Å². The molecule has 15 aromatic rings. The summed E-state index contributed by atoms with van der Waals surface area (Å²) in [5.41, 5.74) is 16.2. The Morgan fingerprint density at radius 1 is 0.292 bits per heavy atom. The molecule has 0 amide bonds. The van der Waals surface area contributed by atoms with Crippen molar-refractivity contribution in [1.29, 1.82) is 0 Å². The molecule has 5 heteroatoms. The maximum atomic E-state index is 5.38. The van der Waals surface area contributed by atoms with Crippen molar-refractivity contribution in [2.45, 2.75) is 0 Å². The van der Waals surface area contributed by atoms with Gasteiger partial charge in [-0.15, -0.1) is 0 Å². The molecule has 300 valence electrons. The summed E-state index contributed by atoms with van der Waals surface area (Å²) in [5, 5.41) is 12.4. The molecule has 0 saturated heterocycles. The molecule has 0 radical (unpaired) electrons. The Hall–Kier alpha value is -8.80. The van der Waals surface area contributed by atoms with Gasteiger partial charge >= 0.3 is 0 Å². The summed E-state index contributed by atoms with van der Waals surface area (Å²) in [6.45, 7) is 0. The minimum absolute atomic E-state index is 0.855. The van der Waals surface area contributed by atoms with Crippen LogP contribution in [0.1, 0.15) is 0 Å². The molecule has 0 spiro atoms. The molecule has 0 aliphatic rings. The molecule has 5 nitrogen and oxygen atoms in total. The first kappa shape index (κ1) is 34.7. The number of para-hydroxylation sites is 6. The first-order valence-corrected chi connectivity index (χ1v) is 22.2. The van der Waals surface area contributed by atoms with E-state index in [-0.39, 0.29) is 0 Å². The maximum Gasteiger partial charge on any atom is 0.0973 e. The highest BCUT2D eigenvalue weighted by molar-refractivity contribution is 6.34. The lowest BCUT2D eigenvalue weighted by Crippen LogP contribution is -1.98. The molecule has 0 atom stereocenters. The van der Waals surface area contributed by atoms with Crippen LogP contribution in [0.4, 0.5) is 0 Å². The summed E-state index contributed by atoms with van der Waals surface area (Å²) in [7, 11) is 0. The predicted molar refractivity (Wildman–Crippen MR) is 271 cm³/mol. The van der Waals surface area contributed by atoms with Gasteiger partial charge in [0.1, 0.15) is 0 Å². The third-order valence-corrected chi connectivity index (χ3v) is 13.9. The lowest BCUT2D eigenvalue weighted by Gasteiger charge is -2.13. The van der Waals surface area contributed by atoms with Crippen LogP contribution in [0.3, 0.4) is 0 Å². The van der Waals surface area contributed by atoms with E-state index >= 15 is 0 Å². The summed E-state index contributed by atoms with van der Waals surface area (Å²) < 4.78 is 7.34. The molecular formula is C60H35N5. The second-order valence-electron chi connectivity index (χ2n) is 17.3. The Kier molecular flexibility index (Phi) is 6.89. The van der Waals surface area contributed by atoms with E-state index in [0.717, 1.165) is 50.4 Å².